The van der Waals surface area contributed by atoms with Gasteiger partial charge in [-0.1, -0.05) is 30.3 Å². The van der Waals surface area contributed by atoms with Crippen LogP contribution in [0.5, 0.6) is 0 Å². The van der Waals surface area contributed by atoms with Crippen molar-refractivity contribution in [3.05, 3.63) is 48.0 Å². The fourth-order valence-corrected chi connectivity index (χ4v) is 4.87. The van der Waals surface area contributed by atoms with Crippen LogP contribution in [0, 0.1) is 5.92 Å². The molecule has 0 amide bonds. The number of aromatic nitrogens is 3. The van der Waals surface area contributed by atoms with E-state index in [4.69, 9.17) is 4.99 Å². The molecule has 2 N–H and O–H groups in total. The number of benzene rings is 1. The molecule has 2 aromatic rings. The Morgan fingerprint density at radius 3 is 2.78 bits per heavy atom. The number of rotatable bonds is 9. The largest absolute Gasteiger partial charge is 0.357 e. The van der Waals surface area contributed by atoms with E-state index in [0.29, 0.717) is 6.04 Å². The minimum absolute atomic E-state index is 0.360. The molecule has 2 aliphatic rings. The summed E-state index contributed by atoms with van der Waals surface area (Å²) in [5, 5.41) is 11.3. The van der Waals surface area contributed by atoms with E-state index in [-0.39, 0.29) is 0 Å². The summed E-state index contributed by atoms with van der Waals surface area (Å²) in [5.41, 5.74) is 1.49. The lowest BCUT2D eigenvalue weighted by atomic mass is 9.90. The Balaban J connectivity index is 1.12. The van der Waals surface area contributed by atoms with Crippen LogP contribution in [0.2, 0.25) is 0 Å². The first kappa shape index (κ1) is 22.8. The van der Waals surface area contributed by atoms with E-state index in [1.165, 1.54) is 50.9 Å². The molecule has 0 spiro atoms. The number of fused-ring (bicyclic) bond motifs is 1. The van der Waals surface area contributed by atoms with E-state index in [1.807, 2.05) is 4.68 Å². The molecule has 174 valence electrons. The highest BCUT2D eigenvalue weighted by Gasteiger charge is 2.21. The highest BCUT2D eigenvalue weighted by atomic mass is 15.4. The van der Waals surface area contributed by atoms with Gasteiger partial charge in [0.05, 0.1) is 6.54 Å². The molecular formula is C25H39N7. The lowest BCUT2D eigenvalue weighted by molar-refractivity contribution is 0.181. The Bertz CT molecular complexity index is 824. The van der Waals surface area contributed by atoms with Crippen LogP contribution >= 0.6 is 0 Å². The Hall–Kier alpha value is -2.41. The van der Waals surface area contributed by atoms with Gasteiger partial charge in [0.25, 0.3) is 0 Å². The van der Waals surface area contributed by atoms with Gasteiger partial charge in [0.2, 0.25) is 0 Å². The highest BCUT2D eigenvalue weighted by Crippen LogP contribution is 2.21. The van der Waals surface area contributed by atoms with Crippen molar-refractivity contribution >= 4 is 5.96 Å². The molecule has 1 atom stereocenters. The molecule has 1 saturated heterocycles. The summed E-state index contributed by atoms with van der Waals surface area (Å²) in [4.78, 5) is 11.8. The molecule has 0 saturated carbocycles. The van der Waals surface area contributed by atoms with E-state index in [9.17, 15) is 0 Å². The van der Waals surface area contributed by atoms with Gasteiger partial charge in [-0.3, -0.25) is 4.99 Å². The molecule has 1 unspecified atom stereocenters. The zero-order valence-corrected chi connectivity index (χ0v) is 19.5. The van der Waals surface area contributed by atoms with Crippen molar-refractivity contribution in [3.8, 4) is 0 Å². The van der Waals surface area contributed by atoms with Gasteiger partial charge in [-0.15, -0.1) is 0 Å². The zero-order chi connectivity index (χ0) is 22.0. The van der Waals surface area contributed by atoms with E-state index in [2.05, 4.69) is 62.9 Å². The monoisotopic (exact) mass is 437 g/mol. The van der Waals surface area contributed by atoms with E-state index < -0.39 is 0 Å². The minimum atomic E-state index is 0.360. The molecular weight excluding hydrogens is 398 g/mol. The molecule has 1 aromatic carbocycles. The topological polar surface area (TPSA) is 70.4 Å². The number of hydrogen-bond acceptors (Lipinski definition) is 4. The summed E-state index contributed by atoms with van der Waals surface area (Å²) in [7, 11) is 0. The summed E-state index contributed by atoms with van der Waals surface area (Å²) in [6, 6.07) is 11.3. The highest BCUT2D eigenvalue weighted by molar-refractivity contribution is 5.80. The van der Waals surface area contributed by atoms with Gasteiger partial charge in [-0.2, -0.15) is 5.10 Å². The quantitative estimate of drug-likeness (QED) is 0.359. The van der Waals surface area contributed by atoms with E-state index in [0.717, 1.165) is 56.6 Å². The number of aryl methyl sites for hydroxylation is 1. The van der Waals surface area contributed by atoms with E-state index in [1.54, 1.807) is 6.33 Å². The number of guanidine groups is 1. The number of nitrogens with one attached hydrogen (secondary N) is 2. The minimum Gasteiger partial charge on any atom is -0.357 e. The Morgan fingerprint density at radius 1 is 1.12 bits per heavy atom. The van der Waals surface area contributed by atoms with Gasteiger partial charge in [0, 0.05) is 25.6 Å². The number of unbranched alkanes of at least 4 members (excludes halogenated alkanes) is 1. The van der Waals surface area contributed by atoms with Crippen LogP contribution in [-0.2, 0) is 19.4 Å². The average Bonchev–Trinajstić information content (AvgIpc) is 3.29. The second-order valence-electron chi connectivity index (χ2n) is 9.18. The molecule has 7 heteroatoms. The Morgan fingerprint density at radius 2 is 1.97 bits per heavy atom. The predicted octanol–water partition coefficient (Wildman–Crippen LogP) is 2.88. The van der Waals surface area contributed by atoms with Crippen molar-refractivity contribution in [3.63, 3.8) is 0 Å². The maximum absolute atomic E-state index is 4.82. The summed E-state index contributed by atoms with van der Waals surface area (Å²) >= 11 is 0. The number of hydrogen-bond donors (Lipinski definition) is 2. The van der Waals surface area contributed by atoms with E-state index >= 15 is 0 Å². The Kier molecular flexibility index (Phi) is 8.54. The fourth-order valence-electron chi connectivity index (χ4n) is 4.87. The third-order valence-corrected chi connectivity index (χ3v) is 6.72. The molecule has 7 nitrogen and oxygen atoms in total. The van der Waals surface area contributed by atoms with Gasteiger partial charge in [0.1, 0.15) is 12.2 Å². The molecule has 4 rings (SSSR count). The molecule has 2 aliphatic heterocycles. The standard InChI is InChI=1S/C25H39N7/c1-2-26-25(30-23-10-11-24-28-20-29-32(24)19-23)27-14-6-7-15-31-16-12-22(13-17-31)18-21-8-4-3-5-9-21/h3-5,8-9,20,22-23H,2,6-7,10-19H2,1H3,(H2,26,27,30). The average molecular weight is 438 g/mol. The predicted molar refractivity (Wildman–Crippen MR) is 130 cm³/mol. The third-order valence-electron chi connectivity index (χ3n) is 6.72. The molecule has 3 heterocycles. The van der Waals surface area contributed by atoms with Crippen LogP contribution in [0.1, 0.15) is 50.4 Å². The van der Waals surface area contributed by atoms with Crippen LogP contribution in [0.4, 0.5) is 0 Å². The molecule has 0 radical (unpaired) electrons. The smallest absolute Gasteiger partial charge is 0.191 e. The molecule has 1 fully saturated rings. The number of likely N-dealkylation sites (tertiary alicyclic amines) is 1. The Labute approximate surface area is 192 Å². The first-order chi connectivity index (χ1) is 15.8. The van der Waals surface area contributed by atoms with Crippen molar-refractivity contribution in [2.45, 2.75) is 64.5 Å². The van der Waals surface area contributed by atoms with Crippen LogP contribution < -0.4 is 10.6 Å². The number of aliphatic imine (C=N–C) groups is 1. The van der Waals surface area contributed by atoms with Crippen LogP contribution in [0.15, 0.2) is 41.7 Å². The summed E-state index contributed by atoms with van der Waals surface area (Å²) in [6.07, 6.45) is 9.96. The van der Waals surface area contributed by atoms with Crippen molar-refractivity contribution in [2.24, 2.45) is 10.9 Å². The van der Waals surface area contributed by atoms with Gasteiger partial charge in [-0.05, 0) is 76.6 Å². The number of nitrogens with zero attached hydrogens (tertiary/aromatic N) is 5. The van der Waals surface area contributed by atoms with Gasteiger partial charge < -0.3 is 15.5 Å². The van der Waals surface area contributed by atoms with Crippen molar-refractivity contribution in [1.29, 1.82) is 0 Å². The SMILES string of the molecule is CCNC(=NCCCCN1CCC(Cc2ccccc2)CC1)NC1CCc2ncnn2C1. The van der Waals surface area contributed by atoms with Gasteiger partial charge >= 0.3 is 0 Å². The lowest BCUT2D eigenvalue weighted by Crippen LogP contribution is -2.47. The lowest BCUT2D eigenvalue weighted by Gasteiger charge is -2.32. The zero-order valence-electron chi connectivity index (χ0n) is 19.5. The number of piperidine rings is 1. The maximum Gasteiger partial charge on any atom is 0.191 e. The van der Waals surface area contributed by atoms with Crippen LogP contribution in [0.25, 0.3) is 0 Å². The van der Waals surface area contributed by atoms with Crippen molar-refractivity contribution in [1.82, 2.24) is 30.3 Å². The van der Waals surface area contributed by atoms with Crippen molar-refractivity contribution < 1.29 is 0 Å². The maximum atomic E-state index is 4.82. The fraction of sp³-hybridized carbons (Fsp3) is 0.640. The second kappa shape index (κ2) is 12.0. The van der Waals surface area contributed by atoms with Crippen LogP contribution in [0.3, 0.4) is 0 Å². The van der Waals surface area contributed by atoms with Crippen molar-refractivity contribution in [2.75, 3.05) is 32.7 Å². The second-order valence-corrected chi connectivity index (χ2v) is 9.18. The first-order valence-corrected chi connectivity index (χ1v) is 12.5. The molecule has 32 heavy (non-hydrogen) atoms. The molecule has 0 aliphatic carbocycles. The van der Waals surface area contributed by atoms with Gasteiger partial charge in [0.15, 0.2) is 5.96 Å². The first-order valence-electron chi connectivity index (χ1n) is 12.5. The summed E-state index contributed by atoms with van der Waals surface area (Å²) < 4.78 is 2.01. The molecule has 0 bridgehead atoms. The molecule has 1 aromatic heterocycles. The van der Waals surface area contributed by atoms with Gasteiger partial charge in [-0.25, -0.2) is 9.67 Å². The summed E-state index contributed by atoms with van der Waals surface area (Å²) in [5.74, 6) is 2.87. The van der Waals surface area contributed by atoms with Crippen LogP contribution in [-0.4, -0.2) is 64.4 Å². The third kappa shape index (κ3) is 6.79. The summed E-state index contributed by atoms with van der Waals surface area (Å²) in [6.45, 7) is 8.43. The normalized spacial score (nSPS) is 20.2.